The zero-order valence-electron chi connectivity index (χ0n) is 9.44. The Morgan fingerprint density at radius 2 is 2.47 bits per heavy atom. The van der Waals surface area contributed by atoms with E-state index in [1.807, 2.05) is 18.0 Å². The second-order valence-corrected chi connectivity index (χ2v) is 5.22. The summed E-state index contributed by atoms with van der Waals surface area (Å²) in [5, 5.41) is 1.22. The van der Waals surface area contributed by atoms with Crippen LogP contribution in [-0.4, -0.2) is 29.2 Å². The topological polar surface area (TPSA) is 16.1 Å². The first-order valence-electron chi connectivity index (χ1n) is 5.61. The van der Waals surface area contributed by atoms with E-state index in [2.05, 4.69) is 36.0 Å². The van der Waals surface area contributed by atoms with Gasteiger partial charge in [-0.1, -0.05) is 13.0 Å². The second-order valence-electron chi connectivity index (χ2n) is 3.97. The van der Waals surface area contributed by atoms with Gasteiger partial charge in [0, 0.05) is 17.8 Å². The molecular formula is C12H18N2S. The summed E-state index contributed by atoms with van der Waals surface area (Å²) in [7, 11) is 2.21. The lowest BCUT2D eigenvalue weighted by Crippen LogP contribution is -2.18. The molecule has 1 aliphatic heterocycles. The van der Waals surface area contributed by atoms with Crippen LogP contribution in [0.1, 0.15) is 31.4 Å². The molecule has 2 rings (SSSR count). The van der Waals surface area contributed by atoms with Crippen molar-refractivity contribution < 1.29 is 0 Å². The molecule has 0 spiro atoms. The van der Waals surface area contributed by atoms with Crippen LogP contribution in [0.15, 0.2) is 23.4 Å². The van der Waals surface area contributed by atoms with Crippen LogP contribution in [-0.2, 0) is 0 Å². The molecule has 0 N–H and O–H groups in total. The molecule has 2 nitrogen and oxygen atoms in total. The molecule has 1 fully saturated rings. The van der Waals surface area contributed by atoms with E-state index >= 15 is 0 Å². The maximum Gasteiger partial charge on any atom is 0.101 e. The Hall–Kier alpha value is -0.540. The summed E-state index contributed by atoms with van der Waals surface area (Å²) < 4.78 is 0. The smallest absolute Gasteiger partial charge is 0.101 e. The van der Waals surface area contributed by atoms with Gasteiger partial charge in [0.1, 0.15) is 5.03 Å². The van der Waals surface area contributed by atoms with Crippen molar-refractivity contribution in [3.05, 3.63) is 23.9 Å². The van der Waals surface area contributed by atoms with Crippen molar-refractivity contribution in [1.82, 2.24) is 9.88 Å². The van der Waals surface area contributed by atoms with Crippen LogP contribution in [0.5, 0.6) is 0 Å². The summed E-state index contributed by atoms with van der Waals surface area (Å²) in [6.07, 6.45) is 4.49. The van der Waals surface area contributed by atoms with Gasteiger partial charge in [0.2, 0.25) is 0 Å². The number of aromatic nitrogens is 1. The third-order valence-corrected chi connectivity index (χ3v) is 3.86. The summed E-state index contributed by atoms with van der Waals surface area (Å²) in [6.45, 7) is 3.40. The molecule has 1 aromatic heterocycles. The lowest BCUT2D eigenvalue weighted by Gasteiger charge is -2.21. The molecule has 0 bridgehead atoms. The number of rotatable bonds is 3. The van der Waals surface area contributed by atoms with Crippen LogP contribution >= 0.6 is 11.8 Å². The van der Waals surface area contributed by atoms with E-state index in [4.69, 9.17) is 0 Å². The molecule has 0 aromatic carbocycles. The molecule has 2 heterocycles. The molecule has 3 heteroatoms. The van der Waals surface area contributed by atoms with Gasteiger partial charge in [0.15, 0.2) is 0 Å². The Bertz CT molecular complexity index is 327. The van der Waals surface area contributed by atoms with Gasteiger partial charge in [0.05, 0.1) is 0 Å². The lowest BCUT2D eigenvalue weighted by atomic mass is 10.1. The van der Waals surface area contributed by atoms with Crippen molar-refractivity contribution in [3.63, 3.8) is 0 Å². The van der Waals surface area contributed by atoms with E-state index in [1.54, 1.807) is 0 Å². The van der Waals surface area contributed by atoms with E-state index in [0.717, 1.165) is 5.75 Å². The summed E-state index contributed by atoms with van der Waals surface area (Å²) in [5.41, 5.74) is 1.42. The third-order valence-electron chi connectivity index (χ3n) is 2.96. The average Bonchev–Trinajstić information content (AvgIpc) is 2.66. The molecule has 0 unspecified atom stereocenters. The summed E-state index contributed by atoms with van der Waals surface area (Å²) >= 11 is 1.85. The molecule has 82 valence electrons. The SMILES string of the molecule is CCSc1ncccc1[C@@H]1CCCN1C. The maximum atomic E-state index is 4.48. The molecular weight excluding hydrogens is 204 g/mol. The molecule has 1 aliphatic rings. The number of nitrogens with zero attached hydrogens (tertiary/aromatic N) is 2. The summed E-state index contributed by atoms with van der Waals surface area (Å²) in [5.74, 6) is 1.10. The molecule has 1 aromatic rings. The first kappa shape index (κ1) is 11.0. The standard InChI is InChI=1S/C12H18N2S/c1-3-15-12-10(6-4-8-13-12)11-7-5-9-14(11)2/h4,6,8,11H,3,5,7,9H2,1-2H3/t11-/m0/s1. The number of hydrogen-bond donors (Lipinski definition) is 0. The predicted molar refractivity (Wildman–Crippen MR) is 65.2 cm³/mol. The molecule has 1 atom stereocenters. The number of pyridine rings is 1. The number of likely N-dealkylation sites (tertiary alicyclic amines) is 1. The van der Waals surface area contributed by atoms with Crippen LogP contribution in [0.2, 0.25) is 0 Å². The van der Waals surface area contributed by atoms with Crippen LogP contribution in [0.4, 0.5) is 0 Å². The highest BCUT2D eigenvalue weighted by Gasteiger charge is 2.24. The fraction of sp³-hybridized carbons (Fsp3) is 0.583. The van der Waals surface area contributed by atoms with Crippen molar-refractivity contribution >= 4 is 11.8 Å². The zero-order chi connectivity index (χ0) is 10.7. The largest absolute Gasteiger partial charge is 0.299 e. The molecule has 15 heavy (non-hydrogen) atoms. The number of hydrogen-bond acceptors (Lipinski definition) is 3. The van der Waals surface area contributed by atoms with Crippen molar-refractivity contribution in [2.75, 3.05) is 19.3 Å². The minimum atomic E-state index is 0.591. The second kappa shape index (κ2) is 4.99. The third kappa shape index (κ3) is 2.34. The van der Waals surface area contributed by atoms with Crippen molar-refractivity contribution in [2.24, 2.45) is 0 Å². The van der Waals surface area contributed by atoms with Gasteiger partial charge < -0.3 is 0 Å². The van der Waals surface area contributed by atoms with E-state index in [-0.39, 0.29) is 0 Å². The van der Waals surface area contributed by atoms with E-state index in [1.165, 1.54) is 30.0 Å². The van der Waals surface area contributed by atoms with Crippen LogP contribution < -0.4 is 0 Å². The van der Waals surface area contributed by atoms with Crippen LogP contribution in [0.3, 0.4) is 0 Å². The van der Waals surface area contributed by atoms with Gasteiger partial charge in [-0.3, -0.25) is 4.90 Å². The van der Waals surface area contributed by atoms with Crippen LogP contribution in [0.25, 0.3) is 0 Å². The minimum absolute atomic E-state index is 0.591. The highest BCUT2D eigenvalue weighted by molar-refractivity contribution is 7.99. The Morgan fingerprint density at radius 3 is 3.13 bits per heavy atom. The van der Waals surface area contributed by atoms with Gasteiger partial charge in [-0.2, -0.15) is 0 Å². The highest BCUT2D eigenvalue weighted by atomic mass is 32.2. The fourth-order valence-electron chi connectivity index (χ4n) is 2.22. The van der Waals surface area contributed by atoms with E-state index < -0.39 is 0 Å². The fourth-order valence-corrected chi connectivity index (χ4v) is 3.00. The van der Waals surface area contributed by atoms with Gasteiger partial charge in [-0.05, 0) is 38.3 Å². The Balaban J connectivity index is 2.25. The van der Waals surface area contributed by atoms with Crippen LogP contribution in [0, 0.1) is 0 Å². The van der Waals surface area contributed by atoms with E-state index in [9.17, 15) is 0 Å². The van der Waals surface area contributed by atoms with Crippen molar-refractivity contribution in [3.8, 4) is 0 Å². The first-order chi connectivity index (χ1) is 7.33. The van der Waals surface area contributed by atoms with Gasteiger partial charge in [0.25, 0.3) is 0 Å². The first-order valence-corrected chi connectivity index (χ1v) is 6.59. The minimum Gasteiger partial charge on any atom is -0.299 e. The molecule has 0 radical (unpaired) electrons. The monoisotopic (exact) mass is 222 g/mol. The normalized spacial score (nSPS) is 22.1. The van der Waals surface area contributed by atoms with Crippen molar-refractivity contribution in [2.45, 2.75) is 30.8 Å². The molecule has 0 saturated carbocycles. The van der Waals surface area contributed by atoms with Crippen molar-refractivity contribution in [1.29, 1.82) is 0 Å². The van der Waals surface area contributed by atoms with Gasteiger partial charge in [-0.25, -0.2) is 4.98 Å². The molecule has 0 aliphatic carbocycles. The summed E-state index contributed by atoms with van der Waals surface area (Å²) in [4.78, 5) is 6.92. The molecule has 0 amide bonds. The Labute approximate surface area is 96.1 Å². The highest BCUT2D eigenvalue weighted by Crippen LogP contribution is 2.34. The quantitative estimate of drug-likeness (QED) is 0.731. The predicted octanol–water partition coefficient (Wildman–Crippen LogP) is 2.96. The average molecular weight is 222 g/mol. The van der Waals surface area contributed by atoms with E-state index in [0.29, 0.717) is 6.04 Å². The zero-order valence-corrected chi connectivity index (χ0v) is 10.3. The Kier molecular flexibility index (Phi) is 3.65. The number of thioether (sulfide) groups is 1. The van der Waals surface area contributed by atoms with Gasteiger partial charge >= 0.3 is 0 Å². The Morgan fingerprint density at radius 1 is 1.60 bits per heavy atom. The summed E-state index contributed by atoms with van der Waals surface area (Å²) in [6, 6.07) is 4.88. The molecule has 1 saturated heterocycles. The van der Waals surface area contributed by atoms with Gasteiger partial charge in [-0.15, -0.1) is 11.8 Å². The maximum absolute atomic E-state index is 4.48. The lowest BCUT2D eigenvalue weighted by molar-refractivity contribution is 0.313.